The number of benzene rings is 1. The van der Waals surface area contributed by atoms with E-state index in [4.69, 9.17) is 47.0 Å². The van der Waals surface area contributed by atoms with Crippen LogP contribution in [0.2, 0.25) is 15.1 Å². The highest BCUT2D eigenvalue weighted by molar-refractivity contribution is 7.80. The summed E-state index contributed by atoms with van der Waals surface area (Å²) >= 11 is 22.9. The molecule has 0 unspecified atom stereocenters. The van der Waals surface area contributed by atoms with Crippen molar-refractivity contribution in [2.75, 3.05) is 5.32 Å². The smallest absolute Gasteiger partial charge is 0.226 e. The summed E-state index contributed by atoms with van der Waals surface area (Å²) < 4.78 is 0. The molecule has 0 spiro atoms. The quantitative estimate of drug-likeness (QED) is 0.355. The van der Waals surface area contributed by atoms with E-state index < -0.39 is 0 Å². The van der Waals surface area contributed by atoms with Gasteiger partial charge in [0.1, 0.15) is 0 Å². The molecule has 122 valence electrons. The first-order valence-corrected chi connectivity index (χ1v) is 8.73. The fourth-order valence-electron chi connectivity index (χ4n) is 1.85. The second-order valence-corrected chi connectivity index (χ2v) is 6.54. The summed E-state index contributed by atoms with van der Waals surface area (Å²) in [4.78, 5) is 11.8. The number of amides is 1. The van der Waals surface area contributed by atoms with Crippen LogP contribution in [0.25, 0.3) is 0 Å². The van der Waals surface area contributed by atoms with Crippen LogP contribution in [0, 0.1) is 0 Å². The Morgan fingerprint density at radius 2 is 1.68 bits per heavy atom. The average molecular weight is 382 g/mol. The molecule has 1 aromatic rings. The molecule has 22 heavy (non-hydrogen) atoms. The Kier molecular flexibility index (Phi) is 9.10. The Balaban J connectivity index is 2.40. The van der Waals surface area contributed by atoms with Crippen molar-refractivity contribution in [2.45, 2.75) is 45.4 Å². The van der Waals surface area contributed by atoms with Gasteiger partial charge in [0.15, 0.2) is 5.11 Å². The monoisotopic (exact) mass is 380 g/mol. The standard InChI is InChI=1S/C15H19Cl3N2OS/c1-2-3-4-5-6-7-14(21)20-15(22)19-13-9-11(17)10(16)8-12(13)18/h8-9H,2-7H2,1H3,(H2,19,20,21,22). The van der Waals surface area contributed by atoms with Crippen LogP contribution in [-0.2, 0) is 4.79 Å². The van der Waals surface area contributed by atoms with E-state index in [-0.39, 0.29) is 11.0 Å². The van der Waals surface area contributed by atoms with Crippen molar-refractivity contribution in [1.29, 1.82) is 0 Å². The van der Waals surface area contributed by atoms with E-state index in [2.05, 4.69) is 17.6 Å². The lowest BCUT2D eigenvalue weighted by Gasteiger charge is -2.11. The topological polar surface area (TPSA) is 41.1 Å². The van der Waals surface area contributed by atoms with Gasteiger partial charge in [0.2, 0.25) is 5.91 Å². The number of rotatable bonds is 7. The van der Waals surface area contributed by atoms with Gasteiger partial charge in [0, 0.05) is 6.42 Å². The van der Waals surface area contributed by atoms with Gasteiger partial charge in [-0.2, -0.15) is 0 Å². The van der Waals surface area contributed by atoms with Crippen LogP contribution in [0.3, 0.4) is 0 Å². The molecule has 7 heteroatoms. The molecule has 0 aliphatic rings. The van der Waals surface area contributed by atoms with Crippen LogP contribution in [0.15, 0.2) is 12.1 Å². The van der Waals surface area contributed by atoms with Crippen LogP contribution < -0.4 is 10.6 Å². The second-order valence-electron chi connectivity index (χ2n) is 4.91. The van der Waals surface area contributed by atoms with Crippen LogP contribution in [0.4, 0.5) is 5.69 Å². The van der Waals surface area contributed by atoms with Crippen molar-refractivity contribution in [1.82, 2.24) is 5.32 Å². The molecule has 0 fully saturated rings. The number of nitrogens with one attached hydrogen (secondary N) is 2. The van der Waals surface area contributed by atoms with Gasteiger partial charge >= 0.3 is 0 Å². The molecule has 0 aliphatic heterocycles. The zero-order chi connectivity index (χ0) is 16.5. The summed E-state index contributed by atoms with van der Waals surface area (Å²) in [6.07, 6.45) is 5.93. The van der Waals surface area contributed by atoms with E-state index in [1.54, 1.807) is 6.07 Å². The Morgan fingerprint density at radius 1 is 1.05 bits per heavy atom. The highest BCUT2D eigenvalue weighted by Gasteiger charge is 2.09. The third-order valence-corrected chi connectivity index (χ3v) is 4.26. The Labute approximate surface area is 151 Å². The van der Waals surface area contributed by atoms with Crippen LogP contribution >= 0.6 is 47.0 Å². The molecule has 2 N–H and O–H groups in total. The predicted octanol–water partition coefficient (Wildman–Crippen LogP) is 5.82. The molecule has 1 amide bonds. The fourth-order valence-corrected chi connectivity index (χ4v) is 2.67. The van der Waals surface area contributed by atoms with E-state index in [9.17, 15) is 4.79 Å². The zero-order valence-corrected chi connectivity index (χ0v) is 15.4. The number of anilines is 1. The van der Waals surface area contributed by atoms with Gasteiger partial charge in [-0.3, -0.25) is 4.79 Å². The molecular formula is C15H19Cl3N2OS. The van der Waals surface area contributed by atoms with Crippen molar-refractivity contribution in [3.05, 3.63) is 27.2 Å². The molecule has 1 rings (SSSR count). The maximum atomic E-state index is 11.8. The average Bonchev–Trinajstić information content (AvgIpc) is 2.44. The molecule has 0 radical (unpaired) electrons. The summed E-state index contributed by atoms with van der Waals surface area (Å²) in [7, 11) is 0. The third kappa shape index (κ3) is 7.14. The number of carbonyl (C=O) groups is 1. The normalized spacial score (nSPS) is 10.4. The molecule has 0 atom stereocenters. The lowest BCUT2D eigenvalue weighted by molar-refractivity contribution is -0.119. The van der Waals surface area contributed by atoms with Gasteiger partial charge in [-0.1, -0.05) is 67.4 Å². The number of carbonyl (C=O) groups excluding carboxylic acids is 1. The van der Waals surface area contributed by atoms with Gasteiger partial charge in [-0.25, -0.2) is 0 Å². The lowest BCUT2D eigenvalue weighted by atomic mass is 10.1. The van der Waals surface area contributed by atoms with Gasteiger partial charge in [-0.05, 0) is 30.8 Å². The van der Waals surface area contributed by atoms with Crippen LogP contribution in [0.5, 0.6) is 0 Å². The molecule has 3 nitrogen and oxygen atoms in total. The summed E-state index contributed by atoms with van der Waals surface area (Å²) in [5.41, 5.74) is 0.504. The first-order valence-electron chi connectivity index (χ1n) is 7.19. The summed E-state index contributed by atoms with van der Waals surface area (Å²) in [5.74, 6) is -0.106. The van der Waals surface area contributed by atoms with Gasteiger partial charge in [0.05, 0.1) is 20.8 Å². The molecule has 0 saturated heterocycles. The van der Waals surface area contributed by atoms with E-state index >= 15 is 0 Å². The molecular weight excluding hydrogens is 363 g/mol. The molecule has 1 aromatic carbocycles. The van der Waals surface area contributed by atoms with Crippen molar-refractivity contribution in [3.8, 4) is 0 Å². The van der Waals surface area contributed by atoms with Crippen molar-refractivity contribution in [2.24, 2.45) is 0 Å². The summed E-state index contributed by atoms with van der Waals surface area (Å²) in [5, 5.41) is 6.77. The van der Waals surface area contributed by atoms with Crippen molar-refractivity contribution >= 4 is 63.7 Å². The second kappa shape index (κ2) is 10.3. The number of thiocarbonyl (C=S) groups is 1. The third-order valence-electron chi connectivity index (χ3n) is 3.02. The maximum Gasteiger partial charge on any atom is 0.226 e. The molecule has 0 saturated carbocycles. The number of unbranched alkanes of at least 4 members (excludes halogenated alkanes) is 4. The number of halogens is 3. The fraction of sp³-hybridized carbons (Fsp3) is 0.467. The van der Waals surface area contributed by atoms with Crippen LogP contribution in [0.1, 0.15) is 45.4 Å². The van der Waals surface area contributed by atoms with E-state index in [1.165, 1.54) is 18.9 Å². The molecule has 0 bridgehead atoms. The SMILES string of the molecule is CCCCCCCC(=O)NC(=S)Nc1cc(Cl)c(Cl)cc1Cl. The van der Waals surface area contributed by atoms with Crippen molar-refractivity contribution < 1.29 is 4.79 Å². The zero-order valence-electron chi connectivity index (χ0n) is 12.3. The lowest BCUT2D eigenvalue weighted by Crippen LogP contribution is -2.34. The van der Waals surface area contributed by atoms with Gasteiger partial charge < -0.3 is 10.6 Å². The molecule has 0 aromatic heterocycles. The van der Waals surface area contributed by atoms with Gasteiger partial charge in [-0.15, -0.1) is 0 Å². The van der Waals surface area contributed by atoms with E-state index in [0.29, 0.717) is 27.2 Å². The van der Waals surface area contributed by atoms with E-state index in [1.807, 2.05) is 0 Å². The van der Waals surface area contributed by atoms with Gasteiger partial charge in [0.25, 0.3) is 0 Å². The molecule has 0 heterocycles. The predicted molar refractivity (Wildman–Crippen MR) is 99.2 cm³/mol. The number of hydrogen-bond acceptors (Lipinski definition) is 2. The first kappa shape index (κ1) is 19.5. The minimum Gasteiger partial charge on any atom is -0.331 e. The largest absolute Gasteiger partial charge is 0.331 e. The summed E-state index contributed by atoms with van der Waals surface area (Å²) in [6, 6.07) is 3.08. The Hall–Kier alpha value is -0.550. The minimum absolute atomic E-state index is 0.106. The van der Waals surface area contributed by atoms with Crippen molar-refractivity contribution in [3.63, 3.8) is 0 Å². The minimum atomic E-state index is -0.106. The van der Waals surface area contributed by atoms with Crippen LogP contribution in [-0.4, -0.2) is 11.0 Å². The highest BCUT2D eigenvalue weighted by atomic mass is 35.5. The first-order chi connectivity index (χ1) is 10.4. The van der Waals surface area contributed by atoms with E-state index in [0.717, 1.165) is 19.3 Å². The summed E-state index contributed by atoms with van der Waals surface area (Å²) in [6.45, 7) is 2.16. The Morgan fingerprint density at radius 3 is 2.36 bits per heavy atom. The maximum absolute atomic E-state index is 11.8. The Bertz CT molecular complexity index is 538. The highest BCUT2D eigenvalue weighted by Crippen LogP contribution is 2.32. The molecule has 0 aliphatic carbocycles. The number of hydrogen-bond donors (Lipinski definition) is 2.